The number of hydrogen-bond donors (Lipinski definition) is 1. The van der Waals surface area contributed by atoms with Gasteiger partial charge in [-0.15, -0.1) is 0 Å². The van der Waals surface area contributed by atoms with Crippen molar-refractivity contribution in [2.24, 2.45) is 5.41 Å². The van der Waals surface area contributed by atoms with E-state index in [1.165, 1.54) is 0 Å². The van der Waals surface area contributed by atoms with Gasteiger partial charge in [-0.2, -0.15) is 0 Å². The molecule has 0 saturated heterocycles. The summed E-state index contributed by atoms with van der Waals surface area (Å²) >= 11 is 6.09. The van der Waals surface area contributed by atoms with Gasteiger partial charge < -0.3 is 10.1 Å². The van der Waals surface area contributed by atoms with E-state index in [0.29, 0.717) is 6.04 Å². The molecule has 3 unspecified atom stereocenters. The van der Waals surface area contributed by atoms with E-state index in [4.69, 9.17) is 16.3 Å². The Balaban J connectivity index is 2.16. The average molecular weight is 296 g/mol. The highest BCUT2D eigenvalue weighted by Gasteiger charge is 2.51. The van der Waals surface area contributed by atoms with E-state index < -0.39 is 0 Å². The second-order valence-corrected chi connectivity index (χ2v) is 6.62. The Kier molecular flexibility index (Phi) is 4.66. The topological polar surface area (TPSA) is 21.3 Å². The van der Waals surface area contributed by atoms with Crippen LogP contribution in [0.25, 0.3) is 0 Å². The number of aryl methyl sites for hydroxylation is 2. The van der Waals surface area contributed by atoms with Gasteiger partial charge in [0, 0.05) is 22.9 Å². The van der Waals surface area contributed by atoms with Crippen LogP contribution in [0.15, 0.2) is 12.1 Å². The summed E-state index contributed by atoms with van der Waals surface area (Å²) in [5, 5.41) is 4.36. The molecule has 1 aliphatic carbocycles. The van der Waals surface area contributed by atoms with Crippen molar-refractivity contribution in [1.29, 1.82) is 0 Å². The lowest BCUT2D eigenvalue weighted by molar-refractivity contribution is -0.0702. The fourth-order valence-electron chi connectivity index (χ4n) is 3.26. The number of rotatable bonds is 5. The van der Waals surface area contributed by atoms with E-state index in [9.17, 15) is 0 Å². The largest absolute Gasteiger partial charge is 0.489 e. The Bertz CT molecular complexity index is 465. The molecular formula is C17H26ClNO. The highest BCUT2D eigenvalue weighted by atomic mass is 35.5. The number of benzene rings is 1. The van der Waals surface area contributed by atoms with Crippen LogP contribution in [0.3, 0.4) is 0 Å². The third-order valence-corrected chi connectivity index (χ3v) is 5.10. The van der Waals surface area contributed by atoms with Crippen LogP contribution in [-0.4, -0.2) is 18.7 Å². The Morgan fingerprint density at radius 3 is 2.40 bits per heavy atom. The van der Waals surface area contributed by atoms with Crippen LogP contribution in [0.2, 0.25) is 5.02 Å². The number of hydrogen-bond acceptors (Lipinski definition) is 2. The lowest BCUT2D eigenvalue weighted by atomic mass is 9.61. The normalized spacial score (nSPS) is 29.1. The number of ether oxygens (including phenoxy) is 1. The van der Waals surface area contributed by atoms with Crippen molar-refractivity contribution in [2.75, 3.05) is 6.54 Å². The Morgan fingerprint density at radius 2 is 1.90 bits per heavy atom. The highest BCUT2D eigenvalue weighted by molar-refractivity contribution is 6.30. The molecule has 0 spiro atoms. The van der Waals surface area contributed by atoms with Gasteiger partial charge in [0.1, 0.15) is 11.9 Å². The molecule has 2 rings (SSSR count). The maximum atomic E-state index is 6.35. The highest BCUT2D eigenvalue weighted by Crippen LogP contribution is 2.46. The molecule has 0 bridgehead atoms. The molecule has 1 fully saturated rings. The fraction of sp³-hybridized carbons (Fsp3) is 0.647. The Morgan fingerprint density at radius 1 is 1.30 bits per heavy atom. The first-order valence-corrected chi connectivity index (χ1v) is 7.97. The standard InChI is InChI=1S/C17H26ClNO/c1-6-17(5)14(19-7-2)10-15(17)20-16-11(3)8-13(18)9-12(16)4/h8-9,14-15,19H,6-7,10H2,1-5H3. The molecule has 1 aromatic carbocycles. The molecule has 0 heterocycles. The zero-order valence-electron chi connectivity index (χ0n) is 13.2. The molecule has 1 N–H and O–H groups in total. The molecule has 1 aliphatic rings. The van der Waals surface area contributed by atoms with Gasteiger partial charge in [0.2, 0.25) is 0 Å². The first-order chi connectivity index (χ1) is 9.42. The molecule has 0 amide bonds. The van der Waals surface area contributed by atoms with E-state index in [0.717, 1.165) is 41.3 Å². The van der Waals surface area contributed by atoms with Crippen molar-refractivity contribution in [3.8, 4) is 5.75 Å². The quantitative estimate of drug-likeness (QED) is 0.863. The summed E-state index contributed by atoms with van der Waals surface area (Å²) in [6.07, 6.45) is 2.50. The predicted octanol–water partition coefficient (Wildman–Crippen LogP) is 4.50. The summed E-state index contributed by atoms with van der Waals surface area (Å²) < 4.78 is 6.35. The molecule has 3 heteroatoms. The van der Waals surface area contributed by atoms with E-state index >= 15 is 0 Å². The summed E-state index contributed by atoms with van der Waals surface area (Å²) in [5.41, 5.74) is 2.47. The maximum absolute atomic E-state index is 6.35. The van der Waals surface area contributed by atoms with E-state index in [1.54, 1.807) is 0 Å². The second-order valence-electron chi connectivity index (χ2n) is 6.18. The fourth-order valence-corrected chi connectivity index (χ4v) is 3.59. The molecule has 20 heavy (non-hydrogen) atoms. The number of nitrogens with one attached hydrogen (secondary N) is 1. The lowest BCUT2D eigenvalue weighted by Gasteiger charge is -2.53. The molecule has 0 aromatic heterocycles. The SMILES string of the molecule is CCNC1CC(Oc2c(C)cc(Cl)cc2C)C1(C)CC. The van der Waals surface area contributed by atoms with Crippen molar-refractivity contribution >= 4 is 11.6 Å². The van der Waals surface area contributed by atoms with Crippen LogP contribution in [0.5, 0.6) is 5.75 Å². The Hall–Kier alpha value is -0.730. The average Bonchev–Trinajstić information content (AvgIpc) is 2.39. The summed E-state index contributed by atoms with van der Waals surface area (Å²) in [7, 11) is 0. The van der Waals surface area contributed by atoms with Crippen LogP contribution >= 0.6 is 11.6 Å². The monoisotopic (exact) mass is 295 g/mol. The van der Waals surface area contributed by atoms with E-state index in [-0.39, 0.29) is 11.5 Å². The van der Waals surface area contributed by atoms with Gasteiger partial charge in [0.05, 0.1) is 0 Å². The maximum Gasteiger partial charge on any atom is 0.125 e. The lowest BCUT2D eigenvalue weighted by Crippen LogP contribution is -2.63. The van der Waals surface area contributed by atoms with E-state index in [1.807, 2.05) is 12.1 Å². The third-order valence-electron chi connectivity index (χ3n) is 4.88. The van der Waals surface area contributed by atoms with Gasteiger partial charge >= 0.3 is 0 Å². The number of halogens is 1. The minimum absolute atomic E-state index is 0.217. The molecule has 1 aromatic rings. The van der Waals surface area contributed by atoms with Crippen LogP contribution in [0, 0.1) is 19.3 Å². The summed E-state index contributed by atoms with van der Waals surface area (Å²) in [5.74, 6) is 1.01. The van der Waals surface area contributed by atoms with Gasteiger partial charge in [-0.25, -0.2) is 0 Å². The van der Waals surface area contributed by atoms with Gasteiger partial charge in [-0.1, -0.05) is 32.4 Å². The van der Waals surface area contributed by atoms with Crippen molar-refractivity contribution in [3.05, 3.63) is 28.3 Å². The first-order valence-electron chi connectivity index (χ1n) is 7.59. The third kappa shape index (κ3) is 2.68. The molecule has 112 valence electrons. The molecule has 0 radical (unpaired) electrons. The van der Waals surface area contributed by atoms with Crippen molar-refractivity contribution in [2.45, 2.75) is 59.6 Å². The molecule has 0 aliphatic heterocycles. The minimum atomic E-state index is 0.217. The zero-order chi connectivity index (χ0) is 14.9. The van der Waals surface area contributed by atoms with Crippen molar-refractivity contribution in [3.63, 3.8) is 0 Å². The van der Waals surface area contributed by atoms with Crippen LogP contribution < -0.4 is 10.1 Å². The smallest absolute Gasteiger partial charge is 0.125 e. The van der Waals surface area contributed by atoms with Crippen molar-refractivity contribution in [1.82, 2.24) is 5.32 Å². The first kappa shape index (κ1) is 15.7. The second kappa shape index (κ2) is 5.95. The Labute approximate surface area is 127 Å². The van der Waals surface area contributed by atoms with Crippen molar-refractivity contribution < 1.29 is 4.74 Å². The summed E-state index contributed by atoms with van der Waals surface area (Å²) in [6.45, 7) is 11.9. The van der Waals surface area contributed by atoms with Crippen LogP contribution in [-0.2, 0) is 0 Å². The van der Waals surface area contributed by atoms with Crippen LogP contribution in [0.1, 0.15) is 44.7 Å². The molecule has 1 saturated carbocycles. The van der Waals surface area contributed by atoms with Gasteiger partial charge in [-0.05, 0) is 50.1 Å². The molecular weight excluding hydrogens is 270 g/mol. The summed E-state index contributed by atoms with van der Waals surface area (Å²) in [6, 6.07) is 4.52. The predicted molar refractivity (Wildman–Crippen MR) is 85.8 cm³/mol. The minimum Gasteiger partial charge on any atom is -0.489 e. The molecule has 3 atom stereocenters. The van der Waals surface area contributed by atoms with E-state index in [2.05, 4.69) is 39.9 Å². The van der Waals surface area contributed by atoms with Gasteiger partial charge in [0.15, 0.2) is 0 Å². The van der Waals surface area contributed by atoms with Crippen LogP contribution in [0.4, 0.5) is 0 Å². The molecule has 2 nitrogen and oxygen atoms in total. The summed E-state index contributed by atoms with van der Waals surface area (Å²) in [4.78, 5) is 0. The van der Waals surface area contributed by atoms with Gasteiger partial charge in [-0.3, -0.25) is 0 Å². The zero-order valence-corrected chi connectivity index (χ0v) is 14.0. The van der Waals surface area contributed by atoms with Gasteiger partial charge in [0.25, 0.3) is 0 Å².